The lowest BCUT2D eigenvalue weighted by molar-refractivity contribution is -0.117. The van der Waals surface area contributed by atoms with E-state index < -0.39 is 5.60 Å². The Hall–Kier alpha value is -0.650. The molecule has 1 N–H and O–H groups in total. The van der Waals surface area contributed by atoms with E-state index in [1.807, 2.05) is 6.92 Å². The molecule has 1 aromatic rings. The molecule has 0 spiro atoms. The van der Waals surface area contributed by atoms with Crippen LogP contribution in [0, 0.1) is 0 Å². The minimum atomic E-state index is -0.396. The number of rotatable bonds is 3. The number of hydrogen-bond acceptors (Lipinski definition) is 4. The lowest BCUT2D eigenvalue weighted by Gasteiger charge is -2.34. The van der Waals surface area contributed by atoms with E-state index in [-0.39, 0.29) is 5.28 Å². The topological polar surface area (TPSA) is 60.0 Å². The third-order valence-electron chi connectivity index (χ3n) is 2.61. The maximum absolute atomic E-state index is 5.80. The van der Waals surface area contributed by atoms with Crippen LogP contribution in [-0.2, 0) is 15.1 Å². The van der Waals surface area contributed by atoms with Gasteiger partial charge in [-0.1, -0.05) is 0 Å². The Kier molecular flexibility index (Phi) is 3.23. The van der Waals surface area contributed by atoms with Gasteiger partial charge >= 0.3 is 0 Å². The van der Waals surface area contributed by atoms with Crippen molar-refractivity contribution in [1.82, 2.24) is 15.2 Å². The van der Waals surface area contributed by atoms with E-state index in [2.05, 4.69) is 15.2 Å². The number of aromatic amines is 1. The summed E-state index contributed by atoms with van der Waals surface area (Å²) in [4.78, 5) is 4.14. The molecule has 0 atom stereocenters. The molecule has 0 bridgehead atoms. The summed E-state index contributed by atoms with van der Waals surface area (Å²) < 4.78 is 11.1. The number of hydrogen-bond donors (Lipinski definition) is 1. The molecule has 1 fully saturated rings. The highest BCUT2D eigenvalue weighted by Gasteiger charge is 2.38. The van der Waals surface area contributed by atoms with Crippen molar-refractivity contribution in [2.24, 2.45) is 0 Å². The van der Waals surface area contributed by atoms with Crippen LogP contribution in [0.2, 0.25) is 5.28 Å². The SMILES string of the molecule is CCOC1(c2nc(Cl)n[nH]2)CCOCC1. The van der Waals surface area contributed by atoms with Gasteiger partial charge in [-0.3, -0.25) is 5.10 Å². The second-order valence-corrected chi connectivity index (χ2v) is 3.83. The van der Waals surface area contributed by atoms with Crippen LogP contribution in [-0.4, -0.2) is 35.0 Å². The smallest absolute Gasteiger partial charge is 0.242 e. The molecule has 0 radical (unpaired) electrons. The molecule has 0 aliphatic carbocycles. The van der Waals surface area contributed by atoms with Gasteiger partial charge in [-0.25, -0.2) is 0 Å². The molecule has 1 aromatic heterocycles. The van der Waals surface area contributed by atoms with Gasteiger partial charge in [0.15, 0.2) is 5.82 Å². The van der Waals surface area contributed by atoms with E-state index in [1.165, 1.54) is 0 Å². The van der Waals surface area contributed by atoms with Crippen LogP contribution in [0.25, 0.3) is 0 Å². The molecule has 0 unspecified atom stereocenters. The van der Waals surface area contributed by atoms with Crippen LogP contribution in [0.3, 0.4) is 0 Å². The van der Waals surface area contributed by atoms with Crippen LogP contribution in [0.1, 0.15) is 25.6 Å². The first-order chi connectivity index (χ1) is 7.27. The monoisotopic (exact) mass is 231 g/mol. The Bertz CT molecular complexity index is 317. The standard InChI is InChI=1S/C9H14ClN3O2/c1-2-15-9(3-5-14-6-4-9)7-11-8(10)13-12-7/h2-6H2,1H3,(H,11,12,13). The number of halogens is 1. The number of nitrogens with one attached hydrogen (secondary N) is 1. The molecule has 0 saturated carbocycles. The molecule has 5 nitrogen and oxygen atoms in total. The van der Waals surface area contributed by atoms with Crippen LogP contribution < -0.4 is 0 Å². The van der Waals surface area contributed by atoms with E-state index in [4.69, 9.17) is 21.1 Å². The minimum Gasteiger partial charge on any atom is -0.381 e. The first-order valence-electron chi connectivity index (χ1n) is 5.07. The van der Waals surface area contributed by atoms with Gasteiger partial charge in [-0.05, 0) is 18.5 Å². The minimum absolute atomic E-state index is 0.232. The molecular formula is C9H14ClN3O2. The highest BCUT2D eigenvalue weighted by Crippen LogP contribution is 2.34. The van der Waals surface area contributed by atoms with E-state index >= 15 is 0 Å². The average molecular weight is 232 g/mol. The van der Waals surface area contributed by atoms with Crippen molar-refractivity contribution >= 4 is 11.6 Å². The molecule has 2 rings (SSSR count). The van der Waals surface area contributed by atoms with Gasteiger partial charge in [0.1, 0.15) is 5.60 Å². The van der Waals surface area contributed by atoms with Gasteiger partial charge in [-0.15, -0.1) is 5.10 Å². The Morgan fingerprint density at radius 2 is 2.27 bits per heavy atom. The third kappa shape index (κ3) is 2.14. The molecule has 0 aromatic carbocycles. The van der Waals surface area contributed by atoms with Gasteiger partial charge in [-0.2, -0.15) is 4.98 Å². The quantitative estimate of drug-likeness (QED) is 0.857. The summed E-state index contributed by atoms with van der Waals surface area (Å²) in [6.07, 6.45) is 1.57. The zero-order chi connectivity index (χ0) is 10.7. The Balaban J connectivity index is 2.24. The van der Waals surface area contributed by atoms with Crippen LogP contribution in [0.4, 0.5) is 0 Å². The second kappa shape index (κ2) is 4.47. The Morgan fingerprint density at radius 1 is 1.53 bits per heavy atom. The van der Waals surface area contributed by atoms with Crippen LogP contribution >= 0.6 is 11.6 Å². The molecule has 0 amide bonds. The van der Waals surface area contributed by atoms with Crippen molar-refractivity contribution in [3.05, 3.63) is 11.1 Å². The maximum Gasteiger partial charge on any atom is 0.242 e. The van der Waals surface area contributed by atoms with E-state index in [0.29, 0.717) is 25.6 Å². The van der Waals surface area contributed by atoms with Gasteiger partial charge in [0.2, 0.25) is 5.28 Å². The zero-order valence-electron chi connectivity index (χ0n) is 8.62. The maximum atomic E-state index is 5.80. The van der Waals surface area contributed by atoms with Gasteiger partial charge < -0.3 is 9.47 Å². The first kappa shape index (κ1) is 10.9. The normalized spacial score (nSPS) is 20.4. The zero-order valence-corrected chi connectivity index (χ0v) is 9.38. The molecule has 15 heavy (non-hydrogen) atoms. The second-order valence-electron chi connectivity index (χ2n) is 3.49. The molecule has 1 aliphatic heterocycles. The fourth-order valence-electron chi connectivity index (χ4n) is 1.87. The lowest BCUT2D eigenvalue weighted by atomic mass is 9.93. The molecule has 2 heterocycles. The highest BCUT2D eigenvalue weighted by atomic mass is 35.5. The fourth-order valence-corrected chi connectivity index (χ4v) is 2.00. The molecule has 84 valence electrons. The van der Waals surface area contributed by atoms with Gasteiger partial charge in [0.05, 0.1) is 0 Å². The third-order valence-corrected chi connectivity index (χ3v) is 2.78. The summed E-state index contributed by atoms with van der Waals surface area (Å²) in [6.45, 7) is 3.96. The molecular weight excluding hydrogens is 218 g/mol. The Labute approximate surface area is 93.1 Å². The fraction of sp³-hybridized carbons (Fsp3) is 0.778. The highest BCUT2D eigenvalue weighted by molar-refractivity contribution is 6.28. The molecule has 1 saturated heterocycles. The van der Waals surface area contributed by atoms with Crippen molar-refractivity contribution in [3.63, 3.8) is 0 Å². The summed E-state index contributed by atoms with van der Waals surface area (Å²) >= 11 is 5.70. The van der Waals surface area contributed by atoms with Crippen LogP contribution in [0.5, 0.6) is 0 Å². The Morgan fingerprint density at radius 3 is 2.80 bits per heavy atom. The molecule has 6 heteroatoms. The summed E-state index contributed by atoms with van der Waals surface area (Å²) in [5.41, 5.74) is -0.396. The van der Waals surface area contributed by atoms with Crippen molar-refractivity contribution < 1.29 is 9.47 Å². The summed E-state index contributed by atoms with van der Waals surface area (Å²) in [7, 11) is 0. The predicted molar refractivity (Wildman–Crippen MR) is 54.7 cm³/mol. The number of nitrogens with zero attached hydrogens (tertiary/aromatic N) is 2. The van der Waals surface area contributed by atoms with Crippen molar-refractivity contribution in [2.45, 2.75) is 25.4 Å². The number of ether oxygens (including phenoxy) is 2. The molecule has 1 aliphatic rings. The van der Waals surface area contributed by atoms with E-state index in [9.17, 15) is 0 Å². The van der Waals surface area contributed by atoms with Gasteiger partial charge in [0.25, 0.3) is 0 Å². The summed E-state index contributed by atoms with van der Waals surface area (Å²) in [6, 6.07) is 0. The van der Waals surface area contributed by atoms with Crippen LogP contribution in [0.15, 0.2) is 0 Å². The summed E-state index contributed by atoms with van der Waals surface area (Å²) in [5.74, 6) is 0.706. The first-order valence-corrected chi connectivity index (χ1v) is 5.45. The number of H-pyrrole nitrogens is 1. The van der Waals surface area contributed by atoms with E-state index in [1.54, 1.807) is 0 Å². The van der Waals surface area contributed by atoms with Gasteiger partial charge in [0, 0.05) is 32.7 Å². The van der Waals surface area contributed by atoms with Crippen molar-refractivity contribution in [3.8, 4) is 0 Å². The largest absolute Gasteiger partial charge is 0.381 e. The average Bonchev–Trinajstić information content (AvgIpc) is 2.67. The van der Waals surface area contributed by atoms with Crippen molar-refractivity contribution in [2.75, 3.05) is 19.8 Å². The van der Waals surface area contributed by atoms with E-state index in [0.717, 1.165) is 12.8 Å². The lowest BCUT2D eigenvalue weighted by Crippen LogP contribution is -2.37. The number of aromatic nitrogens is 3. The predicted octanol–water partition coefficient (Wildman–Crippen LogP) is 1.50. The summed E-state index contributed by atoms with van der Waals surface area (Å²) in [5, 5.41) is 6.89. The van der Waals surface area contributed by atoms with Crippen molar-refractivity contribution in [1.29, 1.82) is 0 Å².